The molecule has 128 valence electrons. The van der Waals surface area contributed by atoms with Gasteiger partial charge in [-0.2, -0.15) is 0 Å². The molecule has 0 radical (unpaired) electrons. The zero-order valence-electron chi connectivity index (χ0n) is 15.3. The van der Waals surface area contributed by atoms with Crippen LogP contribution in [-0.4, -0.2) is 72.4 Å². The van der Waals surface area contributed by atoms with Gasteiger partial charge in [-0.1, -0.05) is 0 Å². The molecule has 0 bridgehead atoms. The van der Waals surface area contributed by atoms with Crippen molar-refractivity contribution in [1.82, 2.24) is 9.80 Å². The number of rotatable bonds is 4. The van der Waals surface area contributed by atoms with Gasteiger partial charge in [-0.15, -0.1) is 0 Å². The number of carboxylic acids is 1. The number of piperazine rings is 1. The van der Waals surface area contributed by atoms with E-state index < -0.39 is 17.6 Å². The molecule has 1 rings (SSSR count). The van der Waals surface area contributed by atoms with Crippen molar-refractivity contribution >= 4 is 12.1 Å². The second kappa shape index (κ2) is 8.93. The van der Waals surface area contributed by atoms with Gasteiger partial charge in [-0.3, -0.25) is 4.90 Å². The van der Waals surface area contributed by atoms with E-state index in [2.05, 4.69) is 0 Å². The second-order valence-electron chi connectivity index (χ2n) is 6.83. The van der Waals surface area contributed by atoms with E-state index in [1.54, 1.807) is 9.80 Å². The van der Waals surface area contributed by atoms with E-state index in [1.165, 1.54) is 7.11 Å². The second-order valence-corrected chi connectivity index (χ2v) is 6.83. The quantitative estimate of drug-likeness (QED) is 0.516. The van der Waals surface area contributed by atoms with Gasteiger partial charge in [-0.05, 0) is 34.6 Å². The first-order chi connectivity index (χ1) is 10.1. The van der Waals surface area contributed by atoms with Crippen LogP contribution in [-0.2, 0) is 14.3 Å². The molecule has 0 aromatic rings. The van der Waals surface area contributed by atoms with Gasteiger partial charge in [0.1, 0.15) is 5.60 Å². The minimum absolute atomic E-state index is 0. The molecule has 1 fully saturated rings. The molecule has 0 spiro atoms. The van der Waals surface area contributed by atoms with Crippen molar-refractivity contribution in [2.45, 2.75) is 58.3 Å². The Morgan fingerprint density at radius 3 is 2.04 bits per heavy atom. The monoisotopic (exact) mass is 322 g/mol. The number of ether oxygens (including phenoxy) is 2. The van der Waals surface area contributed by atoms with Crippen LogP contribution in [0.1, 0.15) is 34.6 Å². The minimum Gasteiger partial charge on any atom is -0.548 e. The predicted octanol–water partition coefficient (Wildman–Crippen LogP) is -2.91. The van der Waals surface area contributed by atoms with E-state index in [0.29, 0.717) is 13.1 Å². The summed E-state index contributed by atoms with van der Waals surface area (Å²) in [7, 11) is 1.46. The van der Waals surface area contributed by atoms with Gasteiger partial charge in [-0.25, -0.2) is 4.79 Å². The fraction of sp³-hybridized carbons (Fsp3) is 0.867. The average molecular weight is 322 g/mol. The molecule has 8 heteroatoms. The molecule has 0 aliphatic carbocycles. The Morgan fingerprint density at radius 2 is 1.70 bits per heavy atom. The van der Waals surface area contributed by atoms with Crippen molar-refractivity contribution in [3.8, 4) is 0 Å². The molecule has 3 atom stereocenters. The van der Waals surface area contributed by atoms with Gasteiger partial charge in [0.15, 0.2) is 0 Å². The first-order valence-electron chi connectivity index (χ1n) is 7.52. The molecule has 1 unspecified atom stereocenters. The standard InChI is InChI=1S/C15H28N2O5.Li/c1-10-7-16(12(9-21-6)13(18)19)8-11(2)17(10)14(20)22-15(3,4)5;/h10-12H,7-9H2,1-6H3,(H,18,19);/q;+1/p-1/t10-,11-,12?;/m1./s1. The maximum Gasteiger partial charge on any atom is 1.00 e. The summed E-state index contributed by atoms with van der Waals surface area (Å²) >= 11 is 0. The first kappa shape index (κ1) is 22.3. The third-order valence-electron chi connectivity index (χ3n) is 3.59. The summed E-state index contributed by atoms with van der Waals surface area (Å²) in [6, 6.07) is -1.12. The smallest absolute Gasteiger partial charge is 0.548 e. The van der Waals surface area contributed by atoms with Crippen molar-refractivity contribution in [3.63, 3.8) is 0 Å². The minimum atomic E-state index is -1.16. The molecule has 23 heavy (non-hydrogen) atoms. The zero-order valence-corrected chi connectivity index (χ0v) is 15.3. The Labute approximate surface area is 150 Å². The summed E-state index contributed by atoms with van der Waals surface area (Å²) in [6.45, 7) is 10.2. The fourth-order valence-electron chi connectivity index (χ4n) is 2.77. The van der Waals surface area contributed by atoms with E-state index in [1.807, 2.05) is 34.6 Å². The van der Waals surface area contributed by atoms with Gasteiger partial charge < -0.3 is 24.3 Å². The molecule has 0 aromatic carbocycles. The van der Waals surface area contributed by atoms with Crippen LogP contribution in [0.15, 0.2) is 0 Å². The Bertz CT molecular complexity index is 401. The topological polar surface area (TPSA) is 82.1 Å². The molecule has 1 amide bonds. The van der Waals surface area contributed by atoms with Crippen LogP contribution in [0.25, 0.3) is 0 Å². The normalized spacial score (nSPS) is 23.8. The molecule has 1 aliphatic heterocycles. The Kier molecular flexibility index (Phi) is 8.64. The molecule has 0 aromatic heterocycles. The molecule has 1 aliphatic rings. The van der Waals surface area contributed by atoms with Gasteiger partial charge in [0.25, 0.3) is 0 Å². The van der Waals surface area contributed by atoms with Gasteiger partial charge in [0.05, 0.1) is 18.6 Å². The van der Waals surface area contributed by atoms with Crippen LogP contribution in [0.2, 0.25) is 0 Å². The fourth-order valence-corrected chi connectivity index (χ4v) is 2.77. The Hall–Kier alpha value is -0.743. The molecular weight excluding hydrogens is 295 g/mol. The van der Waals surface area contributed by atoms with E-state index in [0.717, 1.165) is 0 Å². The van der Waals surface area contributed by atoms with Crippen LogP contribution < -0.4 is 24.0 Å². The largest absolute Gasteiger partial charge is 1.00 e. The number of carbonyl (C=O) groups excluding carboxylic acids is 2. The molecule has 1 saturated heterocycles. The Balaban J connectivity index is 0.00000484. The first-order valence-corrected chi connectivity index (χ1v) is 7.52. The summed E-state index contributed by atoms with van der Waals surface area (Å²) in [5, 5.41) is 11.3. The van der Waals surface area contributed by atoms with E-state index in [9.17, 15) is 14.7 Å². The number of amides is 1. The molecule has 0 N–H and O–H groups in total. The average Bonchev–Trinajstić information content (AvgIpc) is 2.32. The van der Waals surface area contributed by atoms with Crippen molar-refractivity contribution in [2.24, 2.45) is 0 Å². The number of nitrogens with zero attached hydrogens (tertiary/aromatic N) is 2. The molecule has 1 heterocycles. The van der Waals surface area contributed by atoms with Crippen LogP contribution in [0.3, 0.4) is 0 Å². The number of carbonyl (C=O) groups is 2. The maximum atomic E-state index is 12.3. The third-order valence-corrected chi connectivity index (χ3v) is 3.59. The van der Waals surface area contributed by atoms with Gasteiger partial charge in [0, 0.05) is 32.3 Å². The van der Waals surface area contributed by atoms with Crippen molar-refractivity contribution in [3.05, 3.63) is 0 Å². The van der Waals surface area contributed by atoms with Crippen LogP contribution in [0.5, 0.6) is 0 Å². The summed E-state index contributed by atoms with van der Waals surface area (Å²) in [5.74, 6) is -1.16. The number of carboxylic acid groups (broad SMARTS) is 1. The predicted molar refractivity (Wildman–Crippen MR) is 79.2 cm³/mol. The van der Waals surface area contributed by atoms with Crippen molar-refractivity contribution in [1.29, 1.82) is 0 Å². The van der Waals surface area contributed by atoms with E-state index in [-0.39, 0.29) is 43.6 Å². The Morgan fingerprint density at radius 1 is 1.22 bits per heavy atom. The van der Waals surface area contributed by atoms with Crippen LogP contribution in [0, 0.1) is 0 Å². The molecule has 0 saturated carbocycles. The summed E-state index contributed by atoms with van der Waals surface area (Å²) in [5.41, 5.74) is -0.558. The van der Waals surface area contributed by atoms with E-state index in [4.69, 9.17) is 9.47 Å². The maximum absolute atomic E-state index is 12.3. The van der Waals surface area contributed by atoms with Crippen molar-refractivity contribution < 1.29 is 43.0 Å². The number of hydrogen-bond donors (Lipinski definition) is 0. The zero-order chi connectivity index (χ0) is 17.1. The summed E-state index contributed by atoms with van der Waals surface area (Å²) in [6.07, 6.45) is -0.371. The third kappa shape index (κ3) is 6.34. The van der Waals surface area contributed by atoms with Gasteiger partial charge >= 0.3 is 25.0 Å². The van der Waals surface area contributed by atoms with E-state index >= 15 is 0 Å². The number of aliphatic carboxylic acids is 1. The number of hydrogen-bond acceptors (Lipinski definition) is 6. The van der Waals surface area contributed by atoms with Crippen LogP contribution in [0.4, 0.5) is 4.79 Å². The summed E-state index contributed by atoms with van der Waals surface area (Å²) in [4.78, 5) is 27.0. The molecule has 7 nitrogen and oxygen atoms in total. The van der Waals surface area contributed by atoms with Crippen molar-refractivity contribution in [2.75, 3.05) is 26.8 Å². The molecular formula is C15H27LiN2O5. The van der Waals surface area contributed by atoms with Gasteiger partial charge in [0.2, 0.25) is 0 Å². The summed E-state index contributed by atoms with van der Waals surface area (Å²) < 4.78 is 10.4. The number of methoxy groups -OCH3 is 1. The SMILES string of the molecule is COCC(C(=O)[O-])N1C[C@@H](C)N(C(=O)OC(C)(C)C)[C@H](C)C1.[Li+]. The van der Waals surface area contributed by atoms with Crippen LogP contribution >= 0.6 is 0 Å².